The number of nitrogens with one attached hydrogen (secondary N) is 2. The zero-order chi connectivity index (χ0) is 20.8. The van der Waals surface area contributed by atoms with Crippen LogP contribution in [0.15, 0.2) is 89.1 Å². The van der Waals surface area contributed by atoms with Crippen molar-refractivity contribution in [3.63, 3.8) is 0 Å². The number of thioether (sulfide) groups is 1. The van der Waals surface area contributed by atoms with Crippen LogP contribution in [0, 0.1) is 0 Å². The number of imidazole rings is 1. The fourth-order valence-electron chi connectivity index (χ4n) is 3.04. The largest absolute Gasteiger partial charge is 0.872 e. The van der Waals surface area contributed by atoms with Crippen LogP contribution in [0.2, 0.25) is 0 Å². The van der Waals surface area contributed by atoms with Crippen LogP contribution in [0.5, 0.6) is 5.75 Å². The quantitative estimate of drug-likeness (QED) is 0.210. The lowest BCUT2D eigenvalue weighted by molar-refractivity contribution is -0.700. The lowest BCUT2D eigenvalue weighted by atomic mass is 10.2. The van der Waals surface area contributed by atoms with Crippen LogP contribution >= 0.6 is 11.8 Å². The van der Waals surface area contributed by atoms with Crippen molar-refractivity contribution < 1.29 is 14.5 Å². The van der Waals surface area contributed by atoms with Crippen molar-refractivity contribution in [1.82, 2.24) is 10.4 Å². The molecule has 0 radical (unpaired) electrons. The number of amides is 1. The fourth-order valence-corrected chi connectivity index (χ4v) is 3.88. The van der Waals surface area contributed by atoms with Crippen LogP contribution in [0.4, 0.5) is 0 Å². The summed E-state index contributed by atoms with van der Waals surface area (Å²) in [6.07, 6.45) is 1.51. The highest BCUT2D eigenvalue weighted by molar-refractivity contribution is 7.99. The molecule has 0 unspecified atom stereocenters. The molecule has 0 saturated heterocycles. The average molecular weight is 417 g/mol. The smallest absolute Gasteiger partial charge is 0.317 e. The van der Waals surface area contributed by atoms with Crippen LogP contribution in [-0.4, -0.2) is 22.9 Å². The molecular formula is C23H20N4O2S. The molecule has 0 saturated carbocycles. The summed E-state index contributed by atoms with van der Waals surface area (Å²) in [5.41, 5.74) is 6.57. The van der Waals surface area contributed by atoms with Gasteiger partial charge in [-0.1, -0.05) is 66.7 Å². The van der Waals surface area contributed by atoms with Gasteiger partial charge in [-0.25, -0.2) is 15.0 Å². The first kappa shape index (κ1) is 19.7. The number of carbonyl (C=O) groups is 1. The first-order valence-corrected chi connectivity index (χ1v) is 10.4. The van der Waals surface area contributed by atoms with Crippen LogP contribution in [0.25, 0.3) is 11.0 Å². The van der Waals surface area contributed by atoms with Gasteiger partial charge in [0.1, 0.15) is 6.54 Å². The van der Waals surface area contributed by atoms with E-state index in [9.17, 15) is 9.90 Å². The van der Waals surface area contributed by atoms with E-state index >= 15 is 0 Å². The zero-order valence-corrected chi connectivity index (χ0v) is 16.9. The molecule has 4 rings (SSSR count). The molecule has 1 amide bonds. The Morgan fingerprint density at radius 1 is 1.03 bits per heavy atom. The SMILES string of the molecule is O=C(CSc1[nH]c2ccccc2[n+]1Cc1ccccc1)N/N=C/c1ccc([O-])cc1. The summed E-state index contributed by atoms with van der Waals surface area (Å²) in [5.74, 6) is -0.0466. The molecule has 150 valence electrons. The molecule has 6 nitrogen and oxygen atoms in total. The predicted octanol–water partition coefficient (Wildman–Crippen LogP) is 2.82. The van der Waals surface area contributed by atoms with E-state index in [-0.39, 0.29) is 17.4 Å². The Morgan fingerprint density at radius 3 is 2.57 bits per heavy atom. The molecule has 0 aliphatic carbocycles. The van der Waals surface area contributed by atoms with E-state index in [4.69, 9.17) is 0 Å². The second kappa shape index (κ2) is 9.28. The van der Waals surface area contributed by atoms with Crippen molar-refractivity contribution >= 4 is 34.9 Å². The summed E-state index contributed by atoms with van der Waals surface area (Å²) in [6.45, 7) is 0.711. The Morgan fingerprint density at radius 2 is 1.77 bits per heavy atom. The Balaban J connectivity index is 1.43. The van der Waals surface area contributed by atoms with Crippen molar-refractivity contribution in [2.75, 3.05) is 5.75 Å². The van der Waals surface area contributed by atoms with Gasteiger partial charge in [0.2, 0.25) is 0 Å². The monoisotopic (exact) mass is 416 g/mol. The molecule has 0 bridgehead atoms. The van der Waals surface area contributed by atoms with Gasteiger partial charge in [-0.15, -0.1) is 5.75 Å². The van der Waals surface area contributed by atoms with Crippen LogP contribution < -0.4 is 15.1 Å². The van der Waals surface area contributed by atoms with Gasteiger partial charge in [0.15, 0.2) is 11.0 Å². The first-order valence-electron chi connectivity index (χ1n) is 9.45. The number of para-hydroxylation sites is 2. The number of hydrazone groups is 1. The van der Waals surface area contributed by atoms with E-state index in [1.54, 1.807) is 12.1 Å². The number of rotatable bonds is 7. The lowest BCUT2D eigenvalue weighted by Crippen LogP contribution is -2.36. The Labute approximate surface area is 178 Å². The van der Waals surface area contributed by atoms with Gasteiger partial charge in [-0.3, -0.25) is 4.79 Å². The maximum absolute atomic E-state index is 12.2. The summed E-state index contributed by atoms with van der Waals surface area (Å²) < 4.78 is 2.18. The maximum Gasteiger partial charge on any atom is 0.317 e. The van der Waals surface area contributed by atoms with E-state index in [1.807, 2.05) is 36.4 Å². The van der Waals surface area contributed by atoms with Gasteiger partial charge in [0, 0.05) is 0 Å². The van der Waals surface area contributed by atoms with Crippen molar-refractivity contribution in [1.29, 1.82) is 0 Å². The summed E-state index contributed by atoms with van der Waals surface area (Å²) in [6, 6.07) is 24.5. The molecule has 0 fully saturated rings. The molecule has 30 heavy (non-hydrogen) atoms. The highest BCUT2D eigenvalue weighted by atomic mass is 32.2. The normalized spacial score (nSPS) is 11.2. The summed E-state index contributed by atoms with van der Waals surface area (Å²) in [7, 11) is 0. The lowest BCUT2D eigenvalue weighted by Gasteiger charge is -2.03. The molecular weight excluding hydrogens is 396 g/mol. The van der Waals surface area contributed by atoms with Crippen LogP contribution in [-0.2, 0) is 11.3 Å². The second-order valence-corrected chi connectivity index (χ2v) is 7.63. The van der Waals surface area contributed by atoms with Gasteiger partial charge in [0.05, 0.1) is 12.0 Å². The number of benzene rings is 3. The van der Waals surface area contributed by atoms with Crippen molar-refractivity contribution in [2.24, 2.45) is 5.10 Å². The zero-order valence-electron chi connectivity index (χ0n) is 16.1. The molecule has 1 aromatic heterocycles. The van der Waals surface area contributed by atoms with Gasteiger partial charge >= 0.3 is 5.16 Å². The number of H-pyrrole nitrogens is 1. The third kappa shape index (κ3) is 4.87. The molecule has 1 heterocycles. The molecule has 7 heteroatoms. The van der Waals surface area contributed by atoms with Crippen molar-refractivity contribution in [3.8, 4) is 5.75 Å². The number of hydrogen-bond acceptors (Lipinski definition) is 4. The molecule has 4 aromatic rings. The minimum Gasteiger partial charge on any atom is -0.872 e. The minimum absolute atomic E-state index is 0.0604. The van der Waals surface area contributed by atoms with Gasteiger partial charge in [-0.2, -0.15) is 5.10 Å². The third-order valence-electron chi connectivity index (χ3n) is 4.49. The standard InChI is InChI=1S/C23H20N4O2S/c28-19-12-10-17(11-13-19)14-24-26-22(29)16-30-23-25-20-8-4-5-9-21(20)27(23)15-18-6-2-1-3-7-18/h1-14H,15-16H2,(H2,24,26,28,29). The van der Waals surface area contributed by atoms with Gasteiger partial charge < -0.3 is 5.11 Å². The molecule has 0 spiro atoms. The predicted molar refractivity (Wildman–Crippen MR) is 116 cm³/mol. The Bertz CT molecular complexity index is 1170. The molecule has 3 aromatic carbocycles. The number of fused-ring (bicyclic) bond motifs is 1. The number of nitrogens with zero attached hydrogens (tertiary/aromatic N) is 2. The third-order valence-corrected chi connectivity index (χ3v) is 5.49. The number of hydrogen-bond donors (Lipinski definition) is 2. The highest BCUT2D eigenvalue weighted by Crippen LogP contribution is 2.18. The fraction of sp³-hybridized carbons (Fsp3) is 0.0870. The second-order valence-electron chi connectivity index (χ2n) is 6.67. The molecule has 2 N–H and O–H groups in total. The van der Waals surface area contributed by atoms with Gasteiger partial charge in [-0.05, 0) is 35.0 Å². The van der Waals surface area contributed by atoms with Gasteiger partial charge in [0.25, 0.3) is 5.91 Å². The minimum atomic E-state index is -0.207. The van der Waals surface area contributed by atoms with E-state index in [0.717, 1.165) is 21.8 Å². The van der Waals surface area contributed by atoms with Crippen molar-refractivity contribution in [2.45, 2.75) is 11.7 Å². The summed E-state index contributed by atoms with van der Waals surface area (Å²) >= 11 is 1.43. The molecule has 0 atom stereocenters. The Hall–Kier alpha value is -3.58. The highest BCUT2D eigenvalue weighted by Gasteiger charge is 2.20. The summed E-state index contributed by atoms with van der Waals surface area (Å²) in [5, 5.41) is 16.0. The first-order chi connectivity index (χ1) is 14.7. The molecule has 0 aliphatic rings. The summed E-state index contributed by atoms with van der Waals surface area (Å²) in [4.78, 5) is 15.6. The van der Waals surface area contributed by atoms with Crippen molar-refractivity contribution in [3.05, 3.63) is 90.0 Å². The van der Waals surface area contributed by atoms with E-state index in [2.05, 4.69) is 38.3 Å². The maximum atomic E-state index is 12.2. The number of carbonyl (C=O) groups excluding carboxylic acids is 1. The van der Waals surface area contributed by atoms with Crippen LogP contribution in [0.1, 0.15) is 11.1 Å². The number of aromatic nitrogens is 2. The van der Waals surface area contributed by atoms with Crippen LogP contribution in [0.3, 0.4) is 0 Å². The topological polar surface area (TPSA) is 84.2 Å². The van der Waals surface area contributed by atoms with E-state index < -0.39 is 0 Å². The number of aromatic amines is 1. The van der Waals surface area contributed by atoms with E-state index in [1.165, 1.54) is 35.7 Å². The Kier molecular flexibility index (Phi) is 6.10. The average Bonchev–Trinajstić information content (AvgIpc) is 3.12. The van der Waals surface area contributed by atoms with E-state index in [0.29, 0.717) is 6.54 Å². The molecule has 0 aliphatic heterocycles.